The Balaban J connectivity index is 0.00000192. The van der Waals surface area contributed by atoms with Crippen LogP contribution in [0.3, 0.4) is 0 Å². The Bertz CT molecular complexity index is 609. The number of thiazole rings is 1. The highest BCUT2D eigenvalue weighted by atomic mass is 35.5. The number of carbonyl (C=O) groups excluding carboxylic acids is 1. The van der Waals surface area contributed by atoms with E-state index in [2.05, 4.69) is 27.4 Å². The van der Waals surface area contributed by atoms with Crippen molar-refractivity contribution in [3.8, 4) is 0 Å². The zero-order chi connectivity index (χ0) is 15.4. The molecule has 2 aromatic rings. The maximum absolute atomic E-state index is 12.3. The van der Waals surface area contributed by atoms with E-state index in [1.807, 2.05) is 24.3 Å². The molecule has 1 aliphatic rings. The largest absolute Gasteiger partial charge is 0.315 e. The molecule has 126 valence electrons. The smallest absolute Gasteiger partial charge is 0.240 e. The van der Waals surface area contributed by atoms with Crippen molar-refractivity contribution in [2.75, 3.05) is 31.5 Å². The summed E-state index contributed by atoms with van der Waals surface area (Å²) >= 11 is 1.52. The van der Waals surface area contributed by atoms with Crippen molar-refractivity contribution in [3.05, 3.63) is 24.3 Å². The van der Waals surface area contributed by atoms with Gasteiger partial charge < -0.3 is 10.6 Å². The maximum Gasteiger partial charge on any atom is 0.240 e. The molecule has 1 fully saturated rings. The summed E-state index contributed by atoms with van der Waals surface area (Å²) in [4.78, 5) is 19.1. The molecule has 3 rings (SSSR count). The molecular formula is C16H23ClN4OS. The SMILES string of the molecule is CCCN(CC(=O)Nc1nc2ccccc2s1)C1CCNC1.Cl. The van der Waals surface area contributed by atoms with Crippen LogP contribution in [0.4, 0.5) is 5.13 Å². The molecular weight excluding hydrogens is 332 g/mol. The summed E-state index contributed by atoms with van der Waals surface area (Å²) in [7, 11) is 0. The summed E-state index contributed by atoms with van der Waals surface area (Å²) < 4.78 is 1.10. The molecule has 0 aliphatic carbocycles. The lowest BCUT2D eigenvalue weighted by Gasteiger charge is -2.26. The highest BCUT2D eigenvalue weighted by Crippen LogP contribution is 2.25. The predicted molar refractivity (Wildman–Crippen MR) is 98.6 cm³/mol. The summed E-state index contributed by atoms with van der Waals surface area (Å²) in [5, 5.41) is 7.01. The predicted octanol–water partition coefficient (Wildman–Crippen LogP) is 2.73. The van der Waals surface area contributed by atoms with Crippen LogP contribution in [0.5, 0.6) is 0 Å². The number of para-hydroxylation sites is 1. The number of nitrogens with zero attached hydrogens (tertiary/aromatic N) is 2. The molecule has 1 aliphatic heterocycles. The number of aromatic nitrogens is 1. The van der Waals surface area contributed by atoms with Gasteiger partial charge in [0.1, 0.15) is 0 Å². The van der Waals surface area contributed by atoms with Crippen LogP contribution in [-0.2, 0) is 4.79 Å². The number of halogens is 1. The van der Waals surface area contributed by atoms with Gasteiger partial charge in [-0.3, -0.25) is 9.69 Å². The number of anilines is 1. The fourth-order valence-electron chi connectivity index (χ4n) is 2.90. The van der Waals surface area contributed by atoms with Crippen molar-refractivity contribution >= 4 is 45.0 Å². The fraction of sp³-hybridized carbons (Fsp3) is 0.500. The molecule has 1 atom stereocenters. The number of carbonyl (C=O) groups is 1. The Kier molecular flexibility index (Phi) is 6.77. The van der Waals surface area contributed by atoms with E-state index in [0.29, 0.717) is 17.7 Å². The maximum atomic E-state index is 12.3. The van der Waals surface area contributed by atoms with Crippen molar-refractivity contribution in [2.45, 2.75) is 25.8 Å². The molecule has 1 aromatic carbocycles. The minimum Gasteiger partial charge on any atom is -0.315 e. The van der Waals surface area contributed by atoms with Gasteiger partial charge in [0.2, 0.25) is 5.91 Å². The molecule has 1 amide bonds. The molecule has 0 saturated carbocycles. The zero-order valence-corrected chi connectivity index (χ0v) is 14.9. The number of hydrogen-bond donors (Lipinski definition) is 2. The third-order valence-electron chi connectivity index (χ3n) is 3.95. The Labute approximate surface area is 146 Å². The molecule has 0 radical (unpaired) electrons. The van der Waals surface area contributed by atoms with E-state index >= 15 is 0 Å². The molecule has 0 spiro atoms. The number of fused-ring (bicyclic) bond motifs is 1. The summed E-state index contributed by atoms with van der Waals surface area (Å²) in [6.07, 6.45) is 2.18. The molecule has 23 heavy (non-hydrogen) atoms. The Morgan fingerprint density at radius 2 is 2.30 bits per heavy atom. The first-order valence-electron chi connectivity index (χ1n) is 7.86. The van der Waals surface area contributed by atoms with Gasteiger partial charge in [0.15, 0.2) is 5.13 Å². The van der Waals surface area contributed by atoms with E-state index < -0.39 is 0 Å². The quantitative estimate of drug-likeness (QED) is 0.837. The van der Waals surface area contributed by atoms with Crippen LogP contribution in [-0.4, -0.2) is 48.0 Å². The number of hydrogen-bond acceptors (Lipinski definition) is 5. The molecule has 1 saturated heterocycles. The third-order valence-corrected chi connectivity index (χ3v) is 4.90. The van der Waals surface area contributed by atoms with Crippen molar-refractivity contribution in [1.29, 1.82) is 0 Å². The normalized spacial score (nSPS) is 17.4. The standard InChI is InChI=1S/C16H22N4OS.ClH/c1-2-9-20(12-7-8-17-10-12)11-15(21)19-16-18-13-5-3-4-6-14(13)22-16;/h3-6,12,17H,2,7-11H2,1H3,(H,18,19,21);1H. The van der Waals surface area contributed by atoms with Gasteiger partial charge in [0, 0.05) is 12.6 Å². The van der Waals surface area contributed by atoms with Crippen LogP contribution in [0, 0.1) is 0 Å². The van der Waals surface area contributed by atoms with Crippen LogP contribution in [0.25, 0.3) is 10.2 Å². The van der Waals surface area contributed by atoms with Crippen molar-refractivity contribution < 1.29 is 4.79 Å². The minimum atomic E-state index is 0. The van der Waals surface area contributed by atoms with E-state index in [9.17, 15) is 4.79 Å². The van der Waals surface area contributed by atoms with Crippen LogP contribution in [0.15, 0.2) is 24.3 Å². The van der Waals surface area contributed by atoms with Crippen molar-refractivity contribution in [3.63, 3.8) is 0 Å². The lowest BCUT2D eigenvalue weighted by atomic mass is 10.2. The second kappa shape index (κ2) is 8.59. The van der Waals surface area contributed by atoms with E-state index in [-0.39, 0.29) is 18.3 Å². The lowest BCUT2D eigenvalue weighted by molar-refractivity contribution is -0.117. The molecule has 0 bridgehead atoms. The third kappa shape index (κ3) is 4.64. The average Bonchev–Trinajstić information content (AvgIpc) is 3.15. The first-order chi connectivity index (χ1) is 10.8. The second-order valence-corrected chi connectivity index (χ2v) is 6.68. The average molecular weight is 355 g/mol. The van der Waals surface area contributed by atoms with Gasteiger partial charge in [0.25, 0.3) is 0 Å². The second-order valence-electron chi connectivity index (χ2n) is 5.65. The summed E-state index contributed by atoms with van der Waals surface area (Å²) in [6, 6.07) is 8.41. The van der Waals surface area contributed by atoms with Gasteiger partial charge in [-0.15, -0.1) is 12.4 Å². The Hall–Kier alpha value is -1.21. The van der Waals surface area contributed by atoms with Gasteiger partial charge in [-0.2, -0.15) is 0 Å². The highest BCUT2D eigenvalue weighted by molar-refractivity contribution is 7.22. The fourth-order valence-corrected chi connectivity index (χ4v) is 3.78. The Morgan fingerprint density at radius 1 is 1.48 bits per heavy atom. The molecule has 5 nitrogen and oxygen atoms in total. The van der Waals surface area contributed by atoms with Crippen LogP contribution in [0.1, 0.15) is 19.8 Å². The van der Waals surface area contributed by atoms with E-state index in [4.69, 9.17) is 0 Å². The number of rotatable bonds is 6. The molecule has 2 N–H and O–H groups in total. The van der Waals surface area contributed by atoms with Crippen LogP contribution in [0.2, 0.25) is 0 Å². The summed E-state index contributed by atoms with van der Waals surface area (Å²) in [6.45, 7) is 5.58. The molecule has 7 heteroatoms. The minimum absolute atomic E-state index is 0. The van der Waals surface area contributed by atoms with Gasteiger partial charge >= 0.3 is 0 Å². The molecule has 1 aromatic heterocycles. The summed E-state index contributed by atoms with van der Waals surface area (Å²) in [5.74, 6) is 0.0272. The first kappa shape index (κ1) is 18.1. The Morgan fingerprint density at radius 3 is 3.00 bits per heavy atom. The van der Waals surface area contributed by atoms with Gasteiger partial charge in [0.05, 0.1) is 16.8 Å². The van der Waals surface area contributed by atoms with E-state index in [1.54, 1.807) is 0 Å². The van der Waals surface area contributed by atoms with Crippen LogP contribution < -0.4 is 10.6 Å². The number of amides is 1. The topological polar surface area (TPSA) is 57.3 Å². The number of nitrogens with one attached hydrogen (secondary N) is 2. The summed E-state index contributed by atoms with van der Waals surface area (Å²) in [5.41, 5.74) is 0.938. The molecule has 2 heterocycles. The van der Waals surface area contributed by atoms with Gasteiger partial charge in [-0.25, -0.2) is 4.98 Å². The zero-order valence-electron chi connectivity index (χ0n) is 13.2. The first-order valence-corrected chi connectivity index (χ1v) is 8.68. The van der Waals surface area contributed by atoms with Crippen molar-refractivity contribution in [2.24, 2.45) is 0 Å². The highest BCUT2D eigenvalue weighted by Gasteiger charge is 2.23. The number of benzene rings is 1. The van der Waals surface area contributed by atoms with Gasteiger partial charge in [-0.05, 0) is 38.1 Å². The van der Waals surface area contributed by atoms with Gasteiger partial charge in [-0.1, -0.05) is 30.4 Å². The van der Waals surface area contributed by atoms with Crippen LogP contribution >= 0.6 is 23.7 Å². The molecule has 1 unspecified atom stereocenters. The monoisotopic (exact) mass is 354 g/mol. The lowest BCUT2D eigenvalue weighted by Crippen LogP contribution is -2.42. The van der Waals surface area contributed by atoms with E-state index in [0.717, 1.165) is 42.7 Å². The van der Waals surface area contributed by atoms with E-state index in [1.165, 1.54) is 11.3 Å². The van der Waals surface area contributed by atoms with Crippen molar-refractivity contribution in [1.82, 2.24) is 15.2 Å².